The molecule has 3 rings (SSSR count). The molecule has 0 saturated heterocycles. The SMILES string of the molecule is CCOC(=O)c1cc2n(c1)C(C)Nc1ccccc1-2. The standard InChI is InChI=1S/C15H16N2O2/c1-3-19-15(18)11-8-14-12-6-4-5-7-13(12)16-10(2)17(14)9-11/h4-10,16H,3H2,1-2H3. The van der Waals surface area contributed by atoms with Gasteiger partial charge in [0, 0.05) is 17.4 Å². The minimum absolute atomic E-state index is 0.119. The Morgan fingerprint density at radius 2 is 2.21 bits per heavy atom. The molecule has 0 radical (unpaired) electrons. The number of nitrogens with zero attached hydrogens (tertiary/aromatic N) is 1. The predicted octanol–water partition coefficient (Wildman–Crippen LogP) is 3.28. The molecular weight excluding hydrogens is 240 g/mol. The Balaban J connectivity index is 2.09. The Kier molecular flexibility index (Phi) is 2.78. The summed E-state index contributed by atoms with van der Waals surface area (Å²) in [6.45, 7) is 4.27. The van der Waals surface area contributed by atoms with E-state index in [1.54, 1.807) is 0 Å². The van der Waals surface area contributed by atoms with Gasteiger partial charge in [-0.15, -0.1) is 0 Å². The van der Waals surface area contributed by atoms with Gasteiger partial charge in [-0.1, -0.05) is 18.2 Å². The van der Waals surface area contributed by atoms with Crippen molar-refractivity contribution in [3.8, 4) is 11.3 Å². The van der Waals surface area contributed by atoms with Crippen molar-refractivity contribution < 1.29 is 9.53 Å². The van der Waals surface area contributed by atoms with Crippen LogP contribution in [-0.4, -0.2) is 17.1 Å². The van der Waals surface area contributed by atoms with E-state index in [1.807, 2.05) is 37.4 Å². The van der Waals surface area contributed by atoms with Gasteiger partial charge in [0.15, 0.2) is 0 Å². The van der Waals surface area contributed by atoms with Crippen LogP contribution in [-0.2, 0) is 4.74 Å². The molecule has 0 aliphatic carbocycles. The van der Waals surface area contributed by atoms with Gasteiger partial charge in [-0.2, -0.15) is 0 Å². The third kappa shape index (κ3) is 1.89. The Labute approximate surface area is 112 Å². The van der Waals surface area contributed by atoms with Gasteiger partial charge in [0.1, 0.15) is 6.17 Å². The molecule has 1 aliphatic heterocycles. The topological polar surface area (TPSA) is 43.3 Å². The Hall–Kier alpha value is -2.23. The van der Waals surface area contributed by atoms with Gasteiger partial charge in [-0.3, -0.25) is 0 Å². The van der Waals surface area contributed by atoms with Crippen LogP contribution in [0.2, 0.25) is 0 Å². The summed E-state index contributed by atoms with van der Waals surface area (Å²) in [5.41, 5.74) is 3.85. The number of aromatic nitrogens is 1. The fourth-order valence-electron chi connectivity index (χ4n) is 2.47. The lowest BCUT2D eigenvalue weighted by molar-refractivity contribution is 0.0526. The number of carbonyl (C=O) groups is 1. The molecule has 2 heterocycles. The zero-order chi connectivity index (χ0) is 13.4. The van der Waals surface area contributed by atoms with Gasteiger partial charge in [-0.05, 0) is 26.0 Å². The molecule has 0 bridgehead atoms. The quantitative estimate of drug-likeness (QED) is 0.838. The van der Waals surface area contributed by atoms with E-state index >= 15 is 0 Å². The van der Waals surface area contributed by atoms with Crippen molar-refractivity contribution >= 4 is 11.7 Å². The van der Waals surface area contributed by atoms with Crippen LogP contribution in [0.5, 0.6) is 0 Å². The molecule has 19 heavy (non-hydrogen) atoms. The number of hydrogen-bond acceptors (Lipinski definition) is 3. The highest BCUT2D eigenvalue weighted by Crippen LogP contribution is 2.37. The second-order valence-corrected chi connectivity index (χ2v) is 4.61. The smallest absolute Gasteiger partial charge is 0.339 e. The second kappa shape index (κ2) is 4.46. The third-order valence-corrected chi connectivity index (χ3v) is 3.34. The first-order chi connectivity index (χ1) is 9.20. The molecule has 1 aliphatic rings. The van der Waals surface area contributed by atoms with Crippen LogP contribution in [0.15, 0.2) is 36.5 Å². The maximum atomic E-state index is 11.8. The number of fused-ring (bicyclic) bond motifs is 3. The van der Waals surface area contributed by atoms with Crippen LogP contribution in [0.1, 0.15) is 30.4 Å². The van der Waals surface area contributed by atoms with Crippen LogP contribution in [0.3, 0.4) is 0 Å². The molecule has 2 aromatic rings. The van der Waals surface area contributed by atoms with Crippen molar-refractivity contribution in [2.75, 3.05) is 11.9 Å². The zero-order valence-corrected chi connectivity index (χ0v) is 11.0. The molecule has 1 atom stereocenters. The van der Waals surface area contributed by atoms with E-state index in [2.05, 4.69) is 22.9 Å². The molecule has 1 aromatic carbocycles. The molecule has 1 unspecified atom stereocenters. The van der Waals surface area contributed by atoms with Gasteiger partial charge in [0.05, 0.1) is 17.9 Å². The number of esters is 1. The minimum atomic E-state index is -0.269. The van der Waals surface area contributed by atoms with E-state index in [0.29, 0.717) is 12.2 Å². The number of benzene rings is 1. The maximum absolute atomic E-state index is 11.8. The summed E-state index contributed by atoms with van der Waals surface area (Å²) < 4.78 is 7.12. The average Bonchev–Trinajstić information content (AvgIpc) is 2.85. The number of ether oxygens (including phenoxy) is 1. The fraction of sp³-hybridized carbons (Fsp3) is 0.267. The molecule has 0 fully saturated rings. The van der Waals surface area contributed by atoms with E-state index in [-0.39, 0.29) is 12.1 Å². The van der Waals surface area contributed by atoms with Crippen LogP contribution >= 0.6 is 0 Å². The molecular formula is C15H16N2O2. The summed E-state index contributed by atoms with van der Waals surface area (Å²) in [7, 11) is 0. The highest BCUT2D eigenvalue weighted by atomic mass is 16.5. The highest BCUT2D eigenvalue weighted by molar-refractivity contribution is 5.92. The molecule has 4 heteroatoms. The number of nitrogens with one attached hydrogen (secondary N) is 1. The summed E-state index contributed by atoms with van der Waals surface area (Å²) in [6, 6.07) is 10.00. The zero-order valence-electron chi connectivity index (χ0n) is 11.0. The first kappa shape index (κ1) is 11.8. The van der Waals surface area contributed by atoms with Crippen molar-refractivity contribution in [3.63, 3.8) is 0 Å². The third-order valence-electron chi connectivity index (χ3n) is 3.34. The number of rotatable bonds is 2. The Morgan fingerprint density at radius 1 is 1.42 bits per heavy atom. The maximum Gasteiger partial charge on any atom is 0.339 e. The first-order valence-corrected chi connectivity index (χ1v) is 6.45. The lowest BCUT2D eigenvalue weighted by Gasteiger charge is -2.27. The number of para-hydroxylation sites is 1. The lowest BCUT2D eigenvalue weighted by Crippen LogP contribution is -2.19. The van der Waals surface area contributed by atoms with Crippen LogP contribution < -0.4 is 5.32 Å². The van der Waals surface area contributed by atoms with Gasteiger partial charge >= 0.3 is 5.97 Å². The molecule has 4 nitrogen and oxygen atoms in total. The summed E-state index contributed by atoms with van der Waals surface area (Å²) in [5.74, 6) is -0.269. The largest absolute Gasteiger partial charge is 0.462 e. The summed E-state index contributed by atoms with van der Waals surface area (Å²) in [5, 5.41) is 3.41. The van der Waals surface area contributed by atoms with Crippen molar-refractivity contribution in [1.29, 1.82) is 0 Å². The Morgan fingerprint density at radius 3 is 3.00 bits per heavy atom. The molecule has 1 aromatic heterocycles. The lowest BCUT2D eigenvalue weighted by atomic mass is 10.1. The minimum Gasteiger partial charge on any atom is -0.462 e. The van der Waals surface area contributed by atoms with E-state index < -0.39 is 0 Å². The molecule has 0 saturated carbocycles. The van der Waals surface area contributed by atoms with Crippen LogP contribution in [0.25, 0.3) is 11.3 Å². The van der Waals surface area contributed by atoms with E-state index in [1.165, 1.54) is 0 Å². The number of anilines is 1. The Bertz CT molecular complexity index is 631. The van der Waals surface area contributed by atoms with E-state index in [9.17, 15) is 4.79 Å². The van der Waals surface area contributed by atoms with Crippen LogP contribution in [0.4, 0.5) is 5.69 Å². The van der Waals surface area contributed by atoms with Gasteiger partial charge in [0.2, 0.25) is 0 Å². The molecule has 98 valence electrons. The van der Waals surface area contributed by atoms with Crippen molar-refractivity contribution in [1.82, 2.24) is 4.57 Å². The fourth-order valence-corrected chi connectivity index (χ4v) is 2.47. The number of hydrogen-bond donors (Lipinski definition) is 1. The van der Waals surface area contributed by atoms with E-state index in [4.69, 9.17) is 4.74 Å². The highest BCUT2D eigenvalue weighted by Gasteiger charge is 2.23. The van der Waals surface area contributed by atoms with Gasteiger partial charge in [-0.25, -0.2) is 4.79 Å². The van der Waals surface area contributed by atoms with Crippen molar-refractivity contribution in [2.24, 2.45) is 0 Å². The molecule has 0 spiro atoms. The van der Waals surface area contributed by atoms with Gasteiger partial charge < -0.3 is 14.6 Å². The van der Waals surface area contributed by atoms with E-state index in [0.717, 1.165) is 16.9 Å². The number of carbonyl (C=O) groups excluding carboxylic acids is 1. The summed E-state index contributed by atoms with van der Waals surface area (Å²) >= 11 is 0. The molecule has 1 N–H and O–H groups in total. The summed E-state index contributed by atoms with van der Waals surface area (Å²) in [4.78, 5) is 11.8. The van der Waals surface area contributed by atoms with Crippen molar-refractivity contribution in [3.05, 3.63) is 42.1 Å². The second-order valence-electron chi connectivity index (χ2n) is 4.61. The normalized spacial score (nSPS) is 16.2. The van der Waals surface area contributed by atoms with Crippen molar-refractivity contribution in [2.45, 2.75) is 20.0 Å². The first-order valence-electron chi connectivity index (χ1n) is 6.45. The van der Waals surface area contributed by atoms with Crippen LogP contribution in [0, 0.1) is 0 Å². The predicted molar refractivity (Wildman–Crippen MR) is 74.2 cm³/mol. The monoisotopic (exact) mass is 256 g/mol. The summed E-state index contributed by atoms with van der Waals surface area (Å²) in [6.07, 6.45) is 1.97. The van der Waals surface area contributed by atoms with Gasteiger partial charge in [0.25, 0.3) is 0 Å². The average molecular weight is 256 g/mol. The molecule has 0 amide bonds.